The van der Waals surface area contributed by atoms with E-state index in [4.69, 9.17) is 4.74 Å². The molecule has 0 aliphatic carbocycles. The number of fused-ring (bicyclic) bond motifs is 1. The standard InChI is InChI=1S/C13H18O3/c1-7-8(2)12-10(9(3)11(7)14)5-6-13(4,15)16-12/h14-15H,5-6H2,1-4H3/t13-/m0/s1. The van der Waals surface area contributed by atoms with Crippen LogP contribution >= 0.6 is 0 Å². The van der Waals surface area contributed by atoms with Crippen LogP contribution in [0.3, 0.4) is 0 Å². The van der Waals surface area contributed by atoms with Gasteiger partial charge in [0.15, 0.2) is 0 Å². The summed E-state index contributed by atoms with van der Waals surface area (Å²) < 4.78 is 5.61. The van der Waals surface area contributed by atoms with Gasteiger partial charge in [-0.25, -0.2) is 0 Å². The van der Waals surface area contributed by atoms with Gasteiger partial charge in [-0.2, -0.15) is 0 Å². The molecule has 3 heteroatoms. The lowest BCUT2D eigenvalue weighted by Gasteiger charge is -2.33. The molecule has 2 N–H and O–H groups in total. The summed E-state index contributed by atoms with van der Waals surface area (Å²) in [6.07, 6.45) is 1.30. The largest absolute Gasteiger partial charge is 0.507 e. The summed E-state index contributed by atoms with van der Waals surface area (Å²) in [5, 5.41) is 19.9. The smallest absolute Gasteiger partial charge is 0.205 e. The second kappa shape index (κ2) is 3.39. The van der Waals surface area contributed by atoms with E-state index in [1.165, 1.54) is 0 Å². The third kappa shape index (κ3) is 1.55. The molecular weight excluding hydrogens is 204 g/mol. The maximum atomic E-state index is 9.96. The summed E-state index contributed by atoms with van der Waals surface area (Å²) in [5.74, 6) is -0.00130. The fourth-order valence-electron chi connectivity index (χ4n) is 2.24. The van der Waals surface area contributed by atoms with Gasteiger partial charge >= 0.3 is 0 Å². The molecule has 0 spiro atoms. The summed E-state index contributed by atoms with van der Waals surface area (Å²) >= 11 is 0. The highest BCUT2D eigenvalue weighted by atomic mass is 16.6. The molecule has 16 heavy (non-hydrogen) atoms. The monoisotopic (exact) mass is 222 g/mol. The van der Waals surface area contributed by atoms with Crippen LogP contribution in [-0.4, -0.2) is 16.0 Å². The summed E-state index contributed by atoms with van der Waals surface area (Å²) in [4.78, 5) is 0. The summed E-state index contributed by atoms with van der Waals surface area (Å²) in [6.45, 7) is 7.34. The molecule has 1 atom stereocenters. The minimum Gasteiger partial charge on any atom is -0.507 e. The quantitative estimate of drug-likeness (QED) is 0.708. The first-order chi connectivity index (χ1) is 7.33. The molecule has 0 aromatic heterocycles. The van der Waals surface area contributed by atoms with Gasteiger partial charge in [0.25, 0.3) is 0 Å². The van der Waals surface area contributed by atoms with Gasteiger partial charge in [0.05, 0.1) is 0 Å². The fourth-order valence-corrected chi connectivity index (χ4v) is 2.24. The molecule has 1 heterocycles. The number of hydrogen-bond acceptors (Lipinski definition) is 3. The van der Waals surface area contributed by atoms with E-state index in [2.05, 4.69) is 0 Å². The Kier molecular flexibility index (Phi) is 2.39. The molecule has 0 amide bonds. The van der Waals surface area contributed by atoms with Gasteiger partial charge in [0.2, 0.25) is 5.79 Å². The molecule has 0 radical (unpaired) electrons. The highest BCUT2D eigenvalue weighted by molar-refractivity contribution is 5.58. The zero-order valence-electron chi connectivity index (χ0n) is 10.2. The number of ether oxygens (including phenoxy) is 1. The number of aliphatic hydroxyl groups is 1. The number of hydrogen-bond donors (Lipinski definition) is 2. The average molecular weight is 222 g/mol. The highest BCUT2D eigenvalue weighted by Crippen LogP contribution is 2.42. The van der Waals surface area contributed by atoms with Gasteiger partial charge in [0, 0.05) is 18.9 Å². The minimum absolute atomic E-state index is 0.349. The molecule has 0 fully saturated rings. The van der Waals surface area contributed by atoms with Crippen molar-refractivity contribution in [2.45, 2.75) is 46.3 Å². The van der Waals surface area contributed by atoms with Crippen LogP contribution in [0, 0.1) is 20.8 Å². The van der Waals surface area contributed by atoms with Gasteiger partial charge in [-0.3, -0.25) is 0 Å². The molecule has 0 saturated carbocycles. The summed E-state index contributed by atoms with van der Waals surface area (Å²) in [6, 6.07) is 0. The first kappa shape index (κ1) is 11.3. The van der Waals surface area contributed by atoms with Crippen LogP contribution in [0.1, 0.15) is 35.6 Å². The van der Waals surface area contributed by atoms with Gasteiger partial charge in [-0.05, 0) is 43.9 Å². The van der Waals surface area contributed by atoms with Gasteiger partial charge in [-0.15, -0.1) is 0 Å². The van der Waals surface area contributed by atoms with E-state index >= 15 is 0 Å². The van der Waals surface area contributed by atoms with Crippen molar-refractivity contribution >= 4 is 0 Å². The second-order valence-electron chi connectivity index (χ2n) is 4.81. The van der Waals surface area contributed by atoms with E-state index in [-0.39, 0.29) is 0 Å². The van der Waals surface area contributed by atoms with Crippen molar-refractivity contribution in [3.8, 4) is 11.5 Å². The lowest BCUT2D eigenvalue weighted by molar-refractivity contribution is -0.134. The van der Waals surface area contributed by atoms with Crippen LogP contribution in [0.15, 0.2) is 0 Å². The number of rotatable bonds is 0. The number of phenols is 1. The Morgan fingerprint density at radius 3 is 2.38 bits per heavy atom. The van der Waals surface area contributed by atoms with Gasteiger partial charge in [-0.1, -0.05) is 0 Å². The predicted octanol–water partition coefficient (Wildman–Crippen LogP) is 2.35. The normalized spacial score (nSPS) is 23.8. The Balaban J connectivity index is 2.65. The first-order valence-corrected chi connectivity index (χ1v) is 5.56. The van der Waals surface area contributed by atoms with E-state index in [1.807, 2.05) is 20.8 Å². The number of phenolic OH excluding ortho intramolecular Hbond substituents is 1. The average Bonchev–Trinajstić information content (AvgIpc) is 2.22. The zero-order valence-corrected chi connectivity index (χ0v) is 10.2. The molecule has 0 saturated heterocycles. The van der Waals surface area contributed by atoms with Crippen LogP contribution in [0.5, 0.6) is 11.5 Å². The molecule has 2 rings (SSSR count). The van der Waals surface area contributed by atoms with Crippen molar-refractivity contribution in [1.82, 2.24) is 0 Å². The van der Waals surface area contributed by atoms with E-state index in [1.54, 1.807) is 6.92 Å². The summed E-state index contributed by atoms with van der Waals surface area (Å²) in [5.41, 5.74) is 3.63. The number of benzene rings is 1. The van der Waals surface area contributed by atoms with Crippen molar-refractivity contribution < 1.29 is 14.9 Å². The van der Waals surface area contributed by atoms with E-state index in [9.17, 15) is 10.2 Å². The summed E-state index contributed by atoms with van der Waals surface area (Å²) in [7, 11) is 0. The molecular formula is C13H18O3. The van der Waals surface area contributed by atoms with Gasteiger partial charge in [0.1, 0.15) is 11.5 Å². The predicted molar refractivity (Wildman–Crippen MR) is 61.9 cm³/mol. The molecule has 88 valence electrons. The second-order valence-corrected chi connectivity index (χ2v) is 4.81. The Labute approximate surface area is 95.7 Å². The lowest BCUT2D eigenvalue weighted by atomic mass is 9.91. The molecule has 1 aromatic carbocycles. The van der Waals surface area contributed by atoms with Crippen LogP contribution < -0.4 is 4.74 Å². The van der Waals surface area contributed by atoms with E-state index in [0.29, 0.717) is 12.2 Å². The SMILES string of the molecule is Cc1c(C)c2c(c(C)c1O)CC[C@@](C)(O)O2. The number of aromatic hydroxyl groups is 1. The first-order valence-electron chi connectivity index (χ1n) is 5.56. The molecule has 1 aliphatic heterocycles. The maximum Gasteiger partial charge on any atom is 0.205 e. The minimum atomic E-state index is -1.09. The van der Waals surface area contributed by atoms with E-state index < -0.39 is 5.79 Å². The third-order valence-electron chi connectivity index (χ3n) is 3.50. The van der Waals surface area contributed by atoms with E-state index in [0.717, 1.165) is 34.4 Å². The van der Waals surface area contributed by atoms with Gasteiger partial charge < -0.3 is 14.9 Å². The maximum absolute atomic E-state index is 9.96. The van der Waals surface area contributed by atoms with Crippen molar-refractivity contribution in [3.63, 3.8) is 0 Å². The molecule has 0 bridgehead atoms. The van der Waals surface area contributed by atoms with Crippen LogP contribution in [-0.2, 0) is 6.42 Å². The Hall–Kier alpha value is -1.22. The van der Waals surface area contributed by atoms with Crippen molar-refractivity contribution in [3.05, 3.63) is 22.3 Å². The molecule has 1 aliphatic rings. The molecule has 0 unspecified atom stereocenters. The third-order valence-corrected chi connectivity index (χ3v) is 3.50. The van der Waals surface area contributed by atoms with Crippen molar-refractivity contribution in [1.29, 1.82) is 0 Å². The fraction of sp³-hybridized carbons (Fsp3) is 0.538. The topological polar surface area (TPSA) is 49.7 Å². The highest BCUT2D eigenvalue weighted by Gasteiger charge is 2.32. The molecule has 1 aromatic rings. The van der Waals surface area contributed by atoms with Crippen molar-refractivity contribution in [2.24, 2.45) is 0 Å². The Morgan fingerprint density at radius 1 is 1.12 bits per heavy atom. The Bertz CT molecular complexity index is 447. The van der Waals surface area contributed by atoms with Crippen LogP contribution in [0.4, 0.5) is 0 Å². The van der Waals surface area contributed by atoms with Crippen molar-refractivity contribution in [2.75, 3.05) is 0 Å². The zero-order chi connectivity index (χ0) is 12.1. The van der Waals surface area contributed by atoms with Crippen LogP contribution in [0.25, 0.3) is 0 Å². The molecule has 3 nitrogen and oxygen atoms in total. The lowest BCUT2D eigenvalue weighted by Crippen LogP contribution is -2.36. The Morgan fingerprint density at radius 2 is 1.75 bits per heavy atom. The van der Waals surface area contributed by atoms with Crippen LogP contribution in [0.2, 0.25) is 0 Å².